The summed E-state index contributed by atoms with van der Waals surface area (Å²) in [5.74, 6) is 0. The first kappa shape index (κ1) is 16.0. The van der Waals surface area contributed by atoms with Crippen molar-refractivity contribution in [1.82, 2.24) is 4.90 Å². The van der Waals surface area contributed by atoms with Crippen LogP contribution in [0.25, 0.3) is 0 Å². The van der Waals surface area contributed by atoms with E-state index < -0.39 is 0 Å². The fourth-order valence-electron chi connectivity index (χ4n) is 2.14. The summed E-state index contributed by atoms with van der Waals surface area (Å²) >= 11 is 9.69. The van der Waals surface area contributed by atoms with E-state index in [-0.39, 0.29) is 6.04 Å². The minimum absolute atomic E-state index is 0.231. The largest absolute Gasteiger partial charge is 0.329 e. The summed E-state index contributed by atoms with van der Waals surface area (Å²) in [6.07, 6.45) is 2.40. The number of halogens is 2. The average molecular weight is 334 g/mol. The number of nitrogens with zero attached hydrogens (tertiary/aromatic N) is 1. The molecule has 2 N–H and O–H groups in total. The van der Waals surface area contributed by atoms with Crippen molar-refractivity contribution in [3.05, 3.63) is 33.3 Å². The van der Waals surface area contributed by atoms with E-state index in [9.17, 15) is 0 Å². The van der Waals surface area contributed by atoms with Gasteiger partial charge in [-0.15, -0.1) is 0 Å². The molecule has 2 nitrogen and oxygen atoms in total. The van der Waals surface area contributed by atoms with E-state index in [1.54, 1.807) is 0 Å². The maximum Gasteiger partial charge on any atom is 0.0482 e. The number of hydrogen-bond donors (Lipinski definition) is 1. The average Bonchev–Trinajstić information content (AvgIpc) is 2.38. The van der Waals surface area contributed by atoms with Crippen LogP contribution in [0.4, 0.5) is 0 Å². The van der Waals surface area contributed by atoms with Gasteiger partial charge >= 0.3 is 0 Å². The molecule has 0 saturated carbocycles. The smallest absolute Gasteiger partial charge is 0.0482 e. The maximum atomic E-state index is 6.09. The third-order valence-corrected chi connectivity index (χ3v) is 4.14. The highest BCUT2D eigenvalue weighted by atomic mass is 79.9. The van der Waals surface area contributed by atoms with Crippen molar-refractivity contribution in [1.29, 1.82) is 0 Å². The molecule has 0 heterocycles. The van der Waals surface area contributed by atoms with Crippen LogP contribution in [0.3, 0.4) is 0 Å². The monoisotopic (exact) mass is 332 g/mol. The number of nitrogens with two attached hydrogens (primary N) is 1. The fraction of sp³-hybridized carbons (Fsp3) is 0.571. The Kier molecular flexibility index (Phi) is 7.23. The predicted octanol–water partition coefficient (Wildman–Crippen LogP) is 4.22. The highest BCUT2D eigenvalue weighted by Gasteiger charge is 2.19. The number of benzene rings is 1. The van der Waals surface area contributed by atoms with Crippen molar-refractivity contribution in [2.75, 3.05) is 19.6 Å². The lowest BCUT2D eigenvalue weighted by Gasteiger charge is -2.31. The summed E-state index contributed by atoms with van der Waals surface area (Å²) in [6, 6.07) is 6.13. The highest BCUT2D eigenvalue weighted by molar-refractivity contribution is 9.10. The lowest BCUT2D eigenvalue weighted by atomic mass is 10.0. The van der Waals surface area contributed by atoms with Crippen LogP contribution in [-0.4, -0.2) is 24.5 Å². The summed E-state index contributed by atoms with van der Waals surface area (Å²) in [5.41, 5.74) is 7.15. The molecule has 0 aliphatic heterocycles. The number of likely N-dealkylation sites (N-methyl/N-ethyl adjacent to an activating group) is 1. The van der Waals surface area contributed by atoms with Gasteiger partial charge in [-0.25, -0.2) is 0 Å². The standard InChI is InChI=1S/C14H22BrClN2/c1-3-5-8-18(4-2)14(10-17)12-9-11(16)6-7-13(12)15/h6-7,9,14H,3-5,8,10,17H2,1-2H3. The van der Waals surface area contributed by atoms with Crippen LogP contribution in [-0.2, 0) is 0 Å². The second-order valence-electron chi connectivity index (χ2n) is 4.40. The molecule has 0 amide bonds. The predicted molar refractivity (Wildman–Crippen MR) is 83.1 cm³/mol. The maximum absolute atomic E-state index is 6.09. The van der Waals surface area contributed by atoms with Crippen LogP contribution in [0.5, 0.6) is 0 Å². The topological polar surface area (TPSA) is 29.3 Å². The van der Waals surface area contributed by atoms with Gasteiger partial charge in [0, 0.05) is 22.1 Å². The van der Waals surface area contributed by atoms with E-state index in [0.717, 1.165) is 22.6 Å². The Bertz CT molecular complexity index is 371. The number of hydrogen-bond acceptors (Lipinski definition) is 2. The second-order valence-corrected chi connectivity index (χ2v) is 5.69. The molecule has 0 radical (unpaired) electrons. The lowest BCUT2D eigenvalue weighted by Crippen LogP contribution is -2.34. The Morgan fingerprint density at radius 2 is 2.11 bits per heavy atom. The van der Waals surface area contributed by atoms with Crippen LogP contribution in [0.15, 0.2) is 22.7 Å². The van der Waals surface area contributed by atoms with Gasteiger partial charge in [0.05, 0.1) is 0 Å². The third-order valence-electron chi connectivity index (χ3n) is 3.19. The second kappa shape index (κ2) is 8.16. The van der Waals surface area contributed by atoms with Gasteiger partial charge < -0.3 is 5.73 Å². The molecule has 1 aromatic carbocycles. The molecular formula is C14H22BrClN2. The van der Waals surface area contributed by atoms with Crippen LogP contribution in [0.2, 0.25) is 5.02 Å². The lowest BCUT2D eigenvalue weighted by molar-refractivity contribution is 0.208. The summed E-state index contributed by atoms with van der Waals surface area (Å²) in [7, 11) is 0. The van der Waals surface area contributed by atoms with Crippen molar-refractivity contribution in [3.63, 3.8) is 0 Å². The van der Waals surface area contributed by atoms with Gasteiger partial charge in [0.2, 0.25) is 0 Å². The minimum atomic E-state index is 0.231. The van der Waals surface area contributed by atoms with Gasteiger partial charge in [0.25, 0.3) is 0 Å². The zero-order valence-corrected chi connectivity index (χ0v) is 13.5. The molecule has 1 unspecified atom stereocenters. The van der Waals surface area contributed by atoms with E-state index >= 15 is 0 Å². The fourth-order valence-corrected chi connectivity index (χ4v) is 2.83. The molecule has 4 heteroatoms. The Balaban J connectivity index is 2.95. The van der Waals surface area contributed by atoms with E-state index in [0.29, 0.717) is 6.54 Å². The summed E-state index contributed by atoms with van der Waals surface area (Å²) in [5, 5.41) is 0.762. The Morgan fingerprint density at radius 3 is 2.67 bits per heavy atom. The molecule has 18 heavy (non-hydrogen) atoms. The zero-order valence-electron chi connectivity index (χ0n) is 11.1. The van der Waals surface area contributed by atoms with Crippen LogP contribution in [0, 0.1) is 0 Å². The van der Waals surface area contributed by atoms with Crippen LogP contribution < -0.4 is 5.73 Å². The first-order valence-electron chi connectivity index (χ1n) is 6.53. The summed E-state index contributed by atoms with van der Waals surface area (Å²) in [6.45, 7) is 7.07. The molecule has 1 atom stereocenters. The number of rotatable bonds is 7. The Morgan fingerprint density at radius 1 is 1.39 bits per heavy atom. The van der Waals surface area contributed by atoms with Crippen molar-refractivity contribution in [3.8, 4) is 0 Å². The minimum Gasteiger partial charge on any atom is -0.329 e. The van der Waals surface area contributed by atoms with Gasteiger partial charge in [0.15, 0.2) is 0 Å². The normalized spacial score (nSPS) is 13.0. The van der Waals surface area contributed by atoms with Crippen molar-refractivity contribution in [2.45, 2.75) is 32.7 Å². The van der Waals surface area contributed by atoms with Gasteiger partial charge in [0.1, 0.15) is 0 Å². The molecule has 0 aromatic heterocycles. The van der Waals surface area contributed by atoms with Crippen LogP contribution in [0.1, 0.15) is 38.3 Å². The van der Waals surface area contributed by atoms with E-state index in [4.69, 9.17) is 17.3 Å². The molecule has 0 bridgehead atoms. The van der Waals surface area contributed by atoms with Gasteiger partial charge in [-0.3, -0.25) is 4.90 Å². The van der Waals surface area contributed by atoms with E-state index in [1.165, 1.54) is 18.4 Å². The van der Waals surface area contributed by atoms with E-state index in [1.807, 2.05) is 18.2 Å². The molecule has 0 aliphatic rings. The molecule has 0 spiro atoms. The molecule has 1 rings (SSSR count). The van der Waals surface area contributed by atoms with Crippen LogP contribution >= 0.6 is 27.5 Å². The molecular weight excluding hydrogens is 312 g/mol. The zero-order chi connectivity index (χ0) is 13.5. The van der Waals surface area contributed by atoms with Crippen molar-refractivity contribution in [2.24, 2.45) is 5.73 Å². The molecule has 1 aromatic rings. The highest BCUT2D eigenvalue weighted by Crippen LogP contribution is 2.30. The van der Waals surface area contributed by atoms with Gasteiger partial charge in [-0.05, 0) is 43.3 Å². The summed E-state index contributed by atoms with van der Waals surface area (Å²) < 4.78 is 1.08. The SMILES string of the molecule is CCCCN(CC)C(CN)c1cc(Cl)ccc1Br. The van der Waals surface area contributed by atoms with Gasteiger partial charge in [-0.2, -0.15) is 0 Å². The first-order chi connectivity index (χ1) is 8.63. The van der Waals surface area contributed by atoms with E-state index in [2.05, 4.69) is 34.7 Å². The molecule has 0 aliphatic carbocycles. The third kappa shape index (κ3) is 4.23. The molecule has 0 saturated heterocycles. The quantitative estimate of drug-likeness (QED) is 0.809. The Labute approximate surface area is 124 Å². The van der Waals surface area contributed by atoms with Crippen molar-refractivity contribution < 1.29 is 0 Å². The number of unbranched alkanes of at least 4 members (excludes halogenated alkanes) is 1. The first-order valence-corrected chi connectivity index (χ1v) is 7.70. The van der Waals surface area contributed by atoms with Gasteiger partial charge in [-0.1, -0.05) is 47.8 Å². The molecule has 102 valence electrons. The molecule has 0 fully saturated rings. The Hall–Kier alpha value is -0.0900. The van der Waals surface area contributed by atoms with Crippen molar-refractivity contribution >= 4 is 27.5 Å². The summed E-state index contributed by atoms with van der Waals surface area (Å²) in [4.78, 5) is 2.42.